The molecule has 29 heavy (non-hydrogen) atoms. The summed E-state index contributed by atoms with van der Waals surface area (Å²) >= 11 is 5.96. The van der Waals surface area contributed by atoms with Gasteiger partial charge in [0, 0.05) is 22.7 Å². The molecule has 0 aliphatic rings. The van der Waals surface area contributed by atoms with Gasteiger partial charge >= 0.3 is 0 Å². The number of anilines is 1. The van der Waals surface area contributed by atoms with Gasteiger partial charge in [-0.2, -0.15) is 5.10 Å². The number of hydrogen-bond acceptors (Lipinski definition) is 6. The summed E-state index contributed by atoms with van der Waals surface area (Å²) in [4.78, 5) is 22.5. The summed E-state index contributed by atoms with van der Waals surface area (Å²) in [6.45, 7) is 3.02. The van der Waals surface area contributed by atoms with E-state index in [9.17, 15) is 23.3 Å². The minimum atomic E-state index is -3.73. The SMILES string of the molecule is Cc1cccc(C)c1N(CC(=O)N/N=C\c1cc([N+](=O)[O-])ccc1Cl)S(C)(=O)=O. The number of amides is 1. The van der Waals surface area contributed by atoms with Crippen molar-refractivity contribution < 1.29 is 18.1 Å². The van der Waals surface area contributed by atoms with Gasteiger partial charge in [0.25, 0.3) is 11.6 Å². The van der Waals surface area contributed by atoms with Gasteiger partial charge in [0.1, 0.15) is 6.54 Å². The Bertz CT molecular complexity index is 1070. The molecule has 0 aliphatic heterocycles. The number of benzene rings is 2. The summed E-state index contributed by atoms with van der Waals surface area (Å²) in [7, 11) is -3.73. The van der Waals surface area contributed by atoms with Crippen molar-refractivity contribution in [1.82, 2.24) is 5.43 Å². The molecule has 1 N–H and O–H groups in total. The van der Waals surface area contributed by atoms with E-state index in [1.807, 2.05) is 0 Å². The molecule has 0 heterocycles. The van der Waals surface area contributed by atoms with Crippen molar-refractivity contribution >= 4 is 45.1 Å². The molecule has 2 rings (SSSR count). The average molecular weight is 439 g/mol. The molecule has 0 fully saturated rings. The Balaban J connectivity index is 2.19. The highest BCUT2D eigenvalue weighted by molar-refractivity contribution is 7.92. The Morgan fingerprint density at radius 3 is 2.45 bits per heavy atom. The van der Waals surface area contributed by atoms with E-state index >= 15 is 0 Å². The first-order valence-electron chi connectivity index (χ1n) is 8.30. The maximum absolute atomic E-state index is 12.3. The van der Waals surface area contributed by atoms with Gasteiger partial charge in [-0.15, -0.1) is 0 Å². The standard InChI is InChI=1S/C18H19ClN4O5S/c1-12-5-4-6-13(2)18(12)22(29(3,27)28)11-17(24)21-20-10-14-9-15(23(25)26)7-8-16(14)19/h4-10H,11H2,1-3H3,(H,21,24)/b20-10-. The van der Waals surface area contributed by atoms with Crippen LogP contribution in [0.4, 0.5) is 11.4 Å². The predicted molar refractivity (Wildman–Crippen MR) is 112 cm³/mol. The van der Waals surface area contributed by atoms with Gasteiger partial charge in [0.15, 0.2) is 0 Å². The molecule has 0 saturated carbocycles. The quantitative estimate of drug-likeness (QED) is 0.404. The van der Waals surface area contributed by atoms with Gasteiger partial charge < -0.3 is 0 Å². The number of nitro benzene ring substituents is 1. The number of para-hydroxylation sites is 1. The summed E-state index contributed by atoms with van der Waals surface area (Å²) in [6.07, 6.45) is 2.16. The van der Waals surface area contributed by atoms with Gasteiger partial charge in [-0.25, -0.2) is 13.8 Å². The third kappa shape index (κ3) is 5.75. The zero-order chi connectivity index (χ0) is 21.8. The molecule has 0 saturated heterocycles. The Hall–Kier alpha value is -2.98. The van der Waals surface area contributed by atoms with Gasteiger partial charge in [-0.3, -0.25) is 19.2 Å². The van der Waals surface area contributed by atoms with Crippen molar-refractivity contribution in [3.63, 3.8) is 0 Å². The summed E-state index contributed by atoms with van der Waals surface area (Å²) in [6, 6.07) is 9.09. The number of nitro groups is 1. The summed E-state index contributed by atoms with van der Waals surface area (Å²) in [5.74, 6) is -0.684. The van der Waals surface area contributed by atoms with Crippen molar-refractivity contribution in [1.29, 1.82) is 0 Å². The molecule has 0 aromatic heterocycles. The molecule has 0 aliphatic carbocycles. The number of nitrogens with one attached hydrogen (secondary N) is 1. The number of halogens is 1. The average Bonchev–Trinajstić information content (AvgIpc) is 2.61. The van der Waals surface area contributed by atoms with E-state index in [2.05, 4.69) is 10.5 Å². The third-order valence-corrected chi connectivity index (χ3v) is 5.42. The second-order valence-electron chi connectivity index (χ2n) is 6.27. The lowest BCUT2D eigenvalue weighted by atomic mass is 10.1. The molecule has 0 bridgehead atoms. The monoisotopic (exact) mass is 438 g/mol. The second kappa shape index (κ2) is 9.01. The Morgan fingerprint density at radius 1 is 1.28 bits per heavy atom. The van der Waals surface area contributed by atoms with Crippen molar-refractivity contribution in [2.45, 2.75) is 13.8 Å². The Labute approximate surface area is 173 Å². The molecule has 1 amide bonds. The maximum Gasteiger partial charge on any atom is 0.270 e. The summed E-state index contributed by atoms with van der Waals surface area (Å²) in [5, 5.41) is 14.8. The number of hydrogen-bond donors (Lipinski definition) is 1. The van der Waals surface area contributed by atoms with Crippen LogP contribution in [0.25, 0.3) is 0 Å². The normalized spacial score (nSPS) is 11.4. The zero-order valence-electron chi connectivity index (χ0n) is 15.9. The number of carbonyl (C=O) groups excluding carboxylic acids is 1. The highest BCUT2D eigenvalue weighted by Crippen LogP contribution is 2.26. The van der Waals surface area contributed by atoms with Crippen LogP contribution in [0.1, 0.15) is 16.7 Å². The van der Waals surface area contributed by atoms with Crippen LogP contribution in [0, 0.1) is 24.0 Å². The lowest BCUT2D eigenvalue weighted by Crippen LogP contribution is -2.39. The van der Waals surface area contributed by atoms with E-state index in [1.54, 1.807) is 32.0 Å². The van der Waals surface area contributed by atoms with Gasteiger partial charge in [-0.1, -0.05) is 29.8 Å². The summed E-state index contributed by atoms with van der Waals surface area (Å²) in [5.41, 5.74) is 4.10. The minimum absolute atomic E-state index is 0.180. The van der Waals surface area contributed by atoms with Crippen LogP contribution < -0.4 is 9.73 Å². The first-order chi connectivity index (χ1) is 13.5. The van der Waals surface area contributed by atoms with Crippen molar-refractivity contribution in [2.75, 3.05) is 17.1 Å². The van der Waals surface area contributed by atoms with Crippen LogP contribution in [-0.2, 0) is 14.8 Å². The van der Waals surface area contributed by atoms with Crippen LogP contribution in [0.5, 0.6) is 0 Å². The van der Waals surface area contributed by atoms with Crippen LogP contribution in [0.15, 0.2) is 41.5 Å². The summed E-state index contributed by atoms with van der Waals surface area (Å²) < 4.78 is 25.5. The number of carbonyl (C=O) groups is 1. The Morgan fingerprint density at radius 2 is 1.90 bits per heavy atom. The van der Waals surface area contributed by atoms with Crippen LogP contribution in [0.3, 0.4) is 0 Å². The number of non-ortho nitro benzene ring substituents is 1. The van der Waals surface area contributed by atoms with Crippen molar-refractivity contribution in [2.24, 2.45) is 5.10 Å². The topological polar surface area (TPSA) is 122 Å². The molecule has 0 unspecified atom stereocenters. The minimum Gasteiger partial charge on any atom is -0.271 e. The number of aryl methyl sites for hydroxylation is 2. The van der Waals surface area contributed by atoms with Gasteiger partial charge in [0.05, 0.1) is 23.1 Å². The smallest absolute Gasteiger partial charge is 0.270 e. The van der Waals surface area contributed by atoms with E-state index in [4.69, 9.17) is 11.6 Å². The van der Waals surface area contributed by atoms with Crippen molar-refractivity contribution in [3.8, 4) is 0 Å². The van der Waals surface area contributed by atoms with E-state index in [1.165, 1.54) is 18.2 Å². The zero-order valence-corrected chi connectivity index (χ0v) is 17.5. The molecule has 154 valence electrons. The van der Waals surface area contributed by atoms with Gasteiger partial charge in [0.2, 0.25) is 10.0 Å². The van der Waals surface area contributed by atoms with E-state index < -0.39 is 27.4 Å². The number of nitrogens with zero attached hydrogens (tertiary/aromatic N) is 3. The largest absolute Gasteiger partial charge is 0.271 e. The molecule has 0 radical (unpaired) electrons. The molecular weight excluding hydrogens is 420 g/mol. The molecule has 9 nitrogen and oxygen atoms in total. The third-order valence-electron chi connectivity index (χ3n) is 3.96. The molecule has 2 aromatic carbocycles. The highest BCUT2D eigenvalue weighted by atomic mass is 35.5. The van der Waals surface area contributed by atoms with E-state index in [0.717, 1.165) is 16.8 Å². The highest BCUT2D eigenvalue weighted by Gasteiger charge is 2.23. The first kappa shape index (κ1) is 22.3. The maximum atomic E-state index is 12.3. The lowest BCUT2D eigenvalue weighted by molar-refractivity contribution is -0.384. The van der Waals surface area contributed by atoms with Gasteiger partial charge in [-0.05, 0) is 31.0 Å². The molecular formula is C18H19ClN4O5S. The fourth-order valence-corrected chi connectivity index (χ4v) is 3.78. The fraction of sp³-hybridized carbons (Fsp3) is 0.222. The Kier molecular flexibility index (Phi) is 6.93. The molecule has 2 aromatic rings. The van der Waals surface area contributed by atoms with Crippen LogP contribution in [0.2, 0.25) is 5.02 Å². The van der Waals surface area contributed by atoms with Crippen molar-refractivity contribution in [3.05, 3.63) is 68.2 Å². The lowest BCUT2D eigenvalue weighted by Gasteiger charge is -2.25. The molecule has 0 atom stereocenters. The number of hydrazone groups is 1. The first-order valence-corrected chi connectivity index (χ1v) is 10.5. The van der Waals surface area contributed by atoms with Crippen LogP contribution in [-0.4, -0.2) is 38.3 Å². The number of sulfonamides is 1. The van der Waals surface area contributed by atoms with Crippen LogP contribution >= 0.6 is 11.6 Å². The number of rotatable bonds is 7. The fourth-order valence-electron chi connectivity index (χ4n) is 2.64. The molecule has 0 spiro atoms. The predicted octanol–water partition coefficient (Wildman–Crippen LogP) is 2.78. The van der Waals surface area contributed by atoms with E-state index in [-0.39, 0.29) is 16.3 Å². The van der Waals surface area contributed by atoms with E-state index in [0.29, 0.717) is 16.8 Å². The molecule has 11 heteroatoms. The second-order valence-corrected chi connectivity index (χ2v) is 8.58.